The third-order valence-electron chi connectivity index (χ3n) is 6.47. The highest BCUT2D eigenvalue weighted by Crippen LogP contribution is 2.39. The molecule has 4 nitrogen and oxygen atoms in total. The normalized spacial score (nSPS) is 22.9. The molecule has 2 heterocycles. The van der Waals surface area contributed by atoms with Gasteiger partial charge in [0.15, 0.2) is 0 Å². The monoisotopic (exact) mass is 389 g/mol. The SMILES string of the molecule is N#Cc1ccc2[nH]cc([C@H]3CC[C@H](N4CC(Oc5cccc(F)c5)C4)CC3)c2c1. The molecular weight excluding hydrogens is 365 g/mol. The van der Waals surface area contributed by atoms with E-state index in [1.54, 1.807) is 6.07 Å². The summed E-state index contributed by atoms with van der Waals surface area (Å²) >= 11 is 0. The van der Waals surface area contributed by atoms with Crippen molar-refractivity contribution in [3.8, 4) is 11.8 Å². The van der Waals surface area contributed by atoms with E-state index in [1.165, 1.54) is 48.8 Å². The number of likely N-dealkylation sites (tertiary alicyclic amines) is 1. The number of rotatable bonds is 4. The van der Waals surface area contributed by atoms with Crippen LogP contribution in [0.2, 0.25) is 0 Å². The highest BCUT2D eigenvalue weighted by molar-refractivity contribution is 5.85. The van der Waals surface area contributed by atoms with Crippen molar-refractivity contribution in [1.29, 1.82) is 5.26 Å². The number of H-pyrrole nitrogens is 1. The summed E-state index contributed by atoms with van der Waals surface area (Å²) < 4.78 is 19.2. The Hall–Kier alpha value is -2.84. The van der Waals surface area contributed by atoms with Crippen LogP contribution >= 0.6 is 0 Å². The van der Waals surface area contributed by atoms with Crippen LogP contribution in [0, 0.1) is 17.1 Å². The van der Waals surface area contributed by atoms with Crippen molar-refractivity contribution < 1.29 is 9.13 Å². The summed E-state index contributed by atoms with van der Waals surface area (Å²) in [6.45, 7) is 1.84. The minimum Gasteiger partial charge on any atom is -0.488 e. The molecule has 5 rings (SSSR count). The van der Waals surface area contributed by atoms with E-state index < -0.39 is 0 Å². The van der Waals surface area contributed by atoms with Crippen molar-refractivity contribution in [2.24, 2.45) is 0 Å². The molecule has 1 aliphatic heterocycles. The van der Waals surface area contributed by atoms with E-state index >= 15 is 0 Å². The summed E-state index contributed by atoms with van der Waals surface area (Å²) in [6, 6.07) is 15.1. The topological polar surface area (TPSA) is 52.0 Å². The molecule has 3 aromatic rings. The van der Waals surface area contributed by atoms with Crippen LogP contribution in [-0.2, 0) is 0 Å². The lowest BCUT2D eigenvalue weighted by atomic mass is 9.80. The summed E-state index contributed by atoms with van der Waals surface area (Å²) in [5, 5.41) is 10.4. The average molecular weight is 389 g/mol. The number of hydrogen-bond donors (Lipinski definition) is 1. The molecule has 0 unspecified atom stereocenters. The van der Waals surface area contributed by atoms with Crippen molar-refractivity contribution >= 4 is 10.9 Å². The Kier molecular flexibility index (Phi) is 4.73. The van der Waals surface area contributed by atoms with Crippen molar-refractivity contribution in [3.63, 3.8) is 0 Å². The molecule has 1 aliphatic carbocycles. The first-order valence-electron chi connectivity index (χ1n) is 10.4. The smallest absolute Gasteiger partial charge is 0.126 e. The number of nitrogens with zero attached hydrogens (tertiary/aromatic N) is 2. The molecule has 0 atom stereocenters. The molecule has 1 N–H and O–H groups in total. The van der Waals surface area contributed by atoms with Gasteiger partial charge in [0.05, 0.1) is 11.6 Å². The number of nitriles is 1. The van der Waals surface area contributed by atoms with Crippen LogP contribution in [0.1, 0.15) is 42.7 Å². The third-order valence-corrected chi connectivity index (χ3v) is 6.47. The lowest BCUT2D eigenvalue weighted by Gasteiger charge is -2.46. The first kappa shape index (κ1) is 18.2. The second-order valence-electron chi connectivity index (χ2n) is 8.27. The van der Waals surface area contributed by atoms with Crippen LogP contribution in [0.5, 0.6) is 5.75 Å². The number of aromatic amines is 1. The van der Waals surface area contributed by atoms with Crippen LogP contribution in [0.25, 0.3) is 10.9 Å². The highest BCUT2D eigenvalue weighted by Gasteiger charge is 2.36. The van der Waals surface area contributed by atoms with Gasteiger partial charge in [0, 0.05) is 42.3 Å². The Labute approximate surface area is 169 Å². The van der Waals surface area contributed by atoms with Gasteiger partial charge >= 0.3 is 0 Å². The fourth-order valence-corrected chi connectivity index (χ4v) is 4.88. The number of aromatic nitrogens is 1. The Balaban J connectivity index is 1.16. The molecule has 1 saturated heterocycles. The fourth-order valence-electron chi connectivity index (χ4n) is 4.88. The van der Waals surface area contributed by atoms with Crippen LogP contribution < -0.4 is 4.74 Å². The first-order chi connectivity index (χ1) is 14.2. The lowest BCUT2D eigenvalue weighted by Crippen LogP contribution is -2.58. The van der Waals surface area contributed by atoms with Gasteiger partial charge in [-0.25, -0.2) is 4.39 Å². The summed E-state index contributed by atoms with van der Waals surface area (Å²) in [4.78, 5) is 5.87. The van der Waals surface area contributed by atoms with Gasteiger partial charge in [-0.05, 0) is 67.5 Å². The molecule has 0 amide bonds. The summed E-state index contributed by atoms with van der Waals surface area (Å²) in [7, 11) is 0. The van der Waals surface area contributed by atoms with E-state index in [1.807, 2.05) is 24.3 Å². The minimum atomic E-state index is -0.254. The summed E-state index contributed by atoms with van der Waals surface area (Å²) in [5.41, 5.74) is 3.18. The third kappa shape index (κ3) is 3.61. The maximum atomic E-state index is 13.3. The maximum absolute atomic E-state index is 13.3. The molecule has 1 aromatic heterocycles. The second-order valence-corrected chi connectivity index (χ2v) is 8.27. The Morgan fingerprint density at radius 1 is 1.07 bits per heavy atom. The zero-order valence-electron chi connectivity index (χ0n) is 16.3. The molecule has 0 radical (unpaired) electrons. The van der Waals surface area contributed by atoms with E-state index in [0.717, 1.165) is 24.2 Å². The van der Waals surface area contributed by atoms with Gasteiger partial charge in [0.25, 0.3) is 0 Å². The maximum Gasteiger partial charge on any atom is 0.126 e. The molecule has 0 bridgehead atoms. The van der Waals surface area contributed by atoms with Crippen molar-refractivity contribution in [2.75, 3.05) is 13.1 Å². The fraction of sp³-hybridized carbons (Fsp3) is 0.375. The second kappa shape index (κ2) is 7.53. The highest BCUT2D eigenvalue weighted by atomic mass is 19.1. The van der Waals surface area contributed by atoms with Gasteiger partial charge in [-0.1, -0.05) is 6.07 Å². The van der Waals surface area contributed by atoms with Crippen molar-refractivity contribution in [1.82, 2.24) is 9.88 Å². The molecule has 2 aromatic carbocycles. The quantitative estimate of drug-likeness (QED) is 0.686. The minimum absolute atomic E-state index is 0.160. The number of nitrogens with one attached hydrogen (secondary N) is 1. The Morgan fingerprint density at radius 2 is 1.90 bits per heavy atom. The molecule has 148 valence electrons. The standard InChI is InChI=1S/C24H24FN3O/c25-18-2-1-3-20(11-18)29-21-14-28(15-21)19-7-5-17(6-8-19)23-13-27-24-9-4-16(12-26)10-22(23)24/h1-4,9-11,13,17,19,21,27H,5-8,14-15H2/t17-,19-. The van der Waals surface area contributed by atoms with Gasteiger partial charge in [-0.15, -0.1) is 0 Å². The number of benzene rings is 2. The van der Waals surface area contributed by atoms with Crippen LogP contribution in [0.3, 0.4) is 0 Å². The van der Waals surface area contributed by atoms with E-state index in [9.17, 15) is 9.65 Å². The van der Waals surface area contributed by atoms with Crippen LogP contribution in [0.15, 0.2) is 48.7 Å². The molecule has 2 fully saturated rings. The van der Waals surface area contributed by atoms with E-state index in [4.69, 9.17) is 4.74 Å². The summed E-state index contributed by atoms with van der Waals surface area (Å²) in [5.74, 6) is 0.917. The van der Waals surface area contributed by atoms with Crippen molar-refractivity contribution in [2.45, 2.75) is 43.7 Å². The number of ether oxygens (including phenoxy) is 1. The van der Waals surface area contributed by atoms with Crippen LogP contribution in [0.4, 0.5) is 4.39 Å². The van der Waals surface area contributed by atoms with Crippen LogP contribution in [-0.4, -0.2) is 35.1 Å². The zero-order valence-corrected chi connectivity index (χ0v) is 16.3. The number of hydrogen-bond acceptors (Lipinski definition) is 3. The molecule has 2 aliphatic rings. The predicted molar refractivity (Wildman–Crippen MR) is 110 cm³/mol. The first-order valence-corrected chi connectivity index (χ1v) is 10.4. The van der Waals surface area contributed by atoms with Gasteiger partial charge in [0.1, 0.15) is 17.7 Å². The molecule has 0 spiro atoms. The number of halogens is 1. The van der Waals surface area contributed by atoms with Gasteiger partial charge < -0.3 is 9.72 Å². The average Bonchev–Trinajstić information content (AvgIpc) is 3.14. The van der Waals surface area contributed by atoms with E-state index in [0.29, 0.717) is 17.7 Å². The lowest BCUT2D eigenvalue weighted by molar-refractivity contribution is -0.0202. The molecule has 29 heavy (non-hydrogen) atoms. The van der Waals surface area contributed by atoms with E-state index in [2.05, 4.69) is 22.1 Å². The molecule has 1 saturated carbocycles. The van der Waals surface area contributed by atoms with Gasteiger partial charge in [-0.3, -0.25) is 4.90 Å². The van der Waals surface area contributed by atoms with Crippen molar-refractivity contribution in [3.05, 3.63) is 65.6 Å². The zero-order chi connectivity index (χ0) is 19.8. The van der Waals surface area contributed by atoms with Gasteiger partial charge in [-0.2, -0.15) is 5.26 Å². The molecular formula is C24H24FN3O. The van der Waals surface area contributed by atoms with Gasteiger partial charge in [0.2, 0.25) is 0 Å². The Bertz CT molecular complexity index is 1060. The largest absolute Gasteiger partial charge is 0.488 e. The Morgan fingerprint density at radius 3 is 2.66 bits per heavy atom. The van der Waals surface area contributed by atoms with E-state index in [-0.39, 0.29) is 11.9 Å². The predicted octanol–water partition coefficient (Wildman–Crippen LogP) is 4.97. The summed E-state index contributed by atoms with van der Waals surface area (Å²) in [6.07, 6.45) is 6.99. The number of fused-ring (bicyclic) bond motifs is 1. The molecule has 5 heteroatoms.